The second-order valence-electron chi connectivity index (χ2n) is 7.63. The molecule has 6 atom stereocenters. The first-order valence-electron chi connectivity index (χ1n) is 10.3. The lowest BCUT2D eigenvalue weighted by molar-refractivity contribution is -0.143. The second-order valence-corrected chi connectivity index (χ2v) is 7.63. The van der Waals surface area contributed by atoms with Crippen molar-refractivity contribution < 1.29 is 23.7 Å². The molecule has 3 fully saturated rings. The van der Waals surface area contributed by atoms with Gasteiger partial charge in [-0.2, -0.15) is 0 Å². The Morgan fingerprint density at radius 2 is 1.32 bits per heavy atom. The molecule has 3 aliphatic heterocycles. The lowest BCUT2D eigenvalue weighted by Gasteiger charge is -2.02. The topological polar surface area (TPSA) is 63.9 Å². The van der Waals surface area contributed by atoms with Crippen LogP contribution in [0.2, 0.25) is 0 Å². The summed E-state index contributed by atoms with van der Waals surface area (Å²) in [5.41, 5.74) is 0. The van der Waals surface area contributed by atoms with E-state index < -0.39 is 0 Å². The van der Waals surface area contributed by atoms with Crippen LogP contribution >= 0.6 is 0 Å². The number of carbonyl (C=O) groups is 1. The smallest absolute Gasteiger partial charge is 0.305 e. The van der Waals surface area contributed by atoms with Crippen molar-refractivity contribution in [2.24, 2.45) is 0 Å². The fourth-order valence-corrected chi connectivity index (χ4v) is 3.82. The number of epoxide rings is 3. The van der Waals surface area contributed by atoms with Crippen molar-refractivity contribution >= 4 is 5.97 Å². The minimum absolute atomic E-state index is 0.0595. The molecule has 0 N–H and O–H groups in total. The maximum absolute atomic E-state index is 11.2. The predicted molar refractivity (Wildman–Crippen MR) is 94.5 cm³/mol. The van der Waals surface area contributed by atoms with Crippen molar-refractivity contribution in [3.05, 3.63) is 0 Å². The maximum atomic E-state index is 11.2. The maximum Gasteiger partial charge on any atom is 0.305 e. The van der Waals surface area contributed by atoms with Gasteiger partial charge in [-0.3, -0.25) is 4.79 Å². The number of ether oxygens (including phenoxy) is 4. The van der Waals surface area contributed by atoms with Gasteiger partial charge in [-0.25, -0.2) is 0 Å². The second kappa shape index (κ2) is 9.33. The molecule has 0 bridgehead atoms. The largest absolute Gasteiger partial charge is 0.466 e. The molecule has 5 heteroatoms. The van der Waals surface area contributed by atoms with Crippen LogP contribution in [0.4, 0.5) is 0 Å². The number of rotatable bonds is 14. The minimum atomic E-state index is -0.0595. The van der Waals surface area contributed by atoms with Gasteiger partial charge in [-0.15, -0.1) is 0 Å². The molecular formula is C20H34O5. The quantitative estimate of drug-likeness (QED) is 0.270. The van der Waals surface area contributed by atoms with Crippen LogP contribution in [-0.2, 0) is 23.7 Å². The van der Waals surface area contributed by atoms with Crippen molar-refractivity contribution in [2.75, 3.05) is 6.61 Å². The van der Waals surface area contributed by atoms with Gasteiger partial charge in [-0.05, 0) is 26.2 Å². The molecule has 5 nitrogen and oxygen atoms in total. The van der Waals surface area contributed by atoms with Crippen LogP contribution in [0.25, 0.3) is 0 Å². The summed E-state index contributed by atoms with van der Waals surface area (Å²) in [7, 11) is 0. The summed E-state index contributed by atoms with van der Waals surface area (Å²) in [5, 5.41) is 0. The Labute approximate surface area is 151 Å². The summed E-state index contributed by atoms with van der Waals surface area (Å²) < 4.78 is 22.1. The molecule has 6 unspecified atom stereocenters. The van der Waals surface area contributed by atoms with E-state index in [1.54, 1.807) is 0 Å². The van der Waals surface area contributed by atoms with Crippen LogP contribution in [0.5, 0.6) is 0 Å². The van der Waals surface area contributed by atoms with E-state index in [0.717, 1.165) is 32.1 Å². The molecule has 144 valence electrons. The summed E-state index contributed by atoms with van der Waals surface area (Å²) in [6.45, 7) is 4.52. The summed E-state index contributed by atoms with van der Waals surface area (Å²) in [5.74, 6) is -0.0595. The summed E-state index contributed by atoms with van der Waals surface area (Å²) in [4.78, 5) is 11.2. The fourth-order valence-electron chi connectivity index (χ4n) is 3.82. The van der Waals surface area contributed by atoms with E-state index in [9.17, 15) is 4.79 Å². The van der Waals surface area contributed by atoms with Gasteiger partial charge in [-0.1, -0.05) is 32.6 Å². The van der Waals surface area contributed by atoms with Gasteiger partial charge in [0.05, 0.1) is 43.2 Å². The highest BCUT2D eigenvalue weighted by Crippen LogP contribution is 2.41. The molecule has 0 aromatic heterocycles. The van der Waals surface area contributed by atoms with E-state index >= 15 is 0 Å². The van der Waals surface area contributed by atoms with Crippen LogP contribution in [0.3, 0.4) is 0 Å². The van der Waals surface area contributed by atoms with Crippen molar-refractivity contribution in [3.8, 4) is 0 Å². The van der Waals surface area contributed by atoms with Gasteiger partial charge < -0.3 is 18.9 Å². The Balaban J connectivity index is 1.10. The fraction of sp³-hybridized carbons (Fsp3) is 0.950. The van der Waals surface area contributed by atoms with E-state index in [0.29, 0.717) is 49.7 Å². The summed E-state index contributed by atoms with van der Waals surface area (Å²) in [6.07, 6.45) is 13.4. The third kappa shape index (κ3) is 6.54. The lowest BCUT2D eigenvalue weighted by atomic mass is 10.0. The molecule has 0 aliphatic carbocycles. The molecule has 0 aromatic carbocycles. The van der Waals surface area contributed by atoms with Crippen LogP contribution in [0.1, 0.15) is 78.1 Å². The predicted octanol–water partition coefficient (Wildman–Crippen LogP) is 3.77. The van der Waals surface area contributed by atoms with Crippen molar-refractivity contribution in [1.29, 1.82) is 0 Å². The normalized spacial score (nSPS) is 35.4. The van der Waals surface area contributed by atoms with E-state index in [2.05, 4.69) is 6.92 Å². The highest BCUT2D eigenvalue weighted by Gasteiger charge is 2.51. The van der Waals surface area contributed by atoms with Crippen molar-refractivity contribution in [2.45, 2.75) is 115 Å². The molecule has 3 rings (SSSR count). The van der Waals surface area contributed by atoms with Crippen LogP contribution in [-0.4, -0.2) is 49.2 Å². The lowest BCUT2D eigenvalue weighted by Crippen LogP contribution is -2.05. The van der Waals surface area contributed by atoms with Gasteiger partial charge in [0.15, 0.2) is 0 Å². The first-order chi connectivity index (χ1) is 12.2. The van der Waals surface area contributed by atoms with Crippen molar-refractivity contribution in [1.82, 2.24) is 0 Å². The molecule has 0 saturated carbocycles. The third-order valence-electron chi connectivity index (χ3n) is 5.57. The summed E-state index contributed by atoms with van der Waals surface area (Å²) >= 11 is 0. The van der Waals surface area contributed by atoms with E-state index in [-0.39, 0.29) is 5.97 Å². The Kier molecular flexibility index (Phi) is 7.14. The van der Waals surface area contributed by atoms with E-state index in [1.807, 2.05) is 6.92 Å². The van der Waals surface area contributed by atoms with E-state index in [1.165, 1.54) is 25.7 Å². The number of carbonyl (C=O) groups excluding carboxylic acids is 1. The van der Waals surface area contributed by atoms with Gasteiger partial charge in [0.1, 0.15) is 0 Å². The third-order valence-corrected chi connectivity index (χ3v) is 5.57. The Morgan fingerprint density at radius 1 is 0.760 bits per heavy atom. The first-order valence-corrected chi connectivity index (χ1v) is 10.3. The average molecular weight is 354 g/mol. The highest BCUT2D eigenvalue weighted by atomic mass is 16.6. The average Bonchev–Trinajstić information content (AvgIpc) is 3.49. The van der Waals surface area contributed by atoms with Gasteiger partial charge in [0, 0.05) is 19.3 Å². The Hall–Kier alpha value is -0.650. The molecule has 0 aromatic rings. The zero-order chi connectivity index (χ0) is 17.6. The Bertz CT molecular complexity index is 426. The molecule has 25 heavy (non-hydrogen) atoms. The van der Waals surface area contributed by atoms with Crippen LogP contribution in [0, 0.1) is 0 Å². The first kappa shape index (κ1) is 19.1. The molecule has 0 radical (unpaired) electrons. The van der Waals surface area contributed by atoms with Crippen LogP contribution < -0.4 is 0 Å². The molecule has 3 aliphatic rings. The molecule has 3 heterocycles. The van der Waals surface area contributed by atoms with Gasteiger partial charge in [0.2, 0.25) is 0 Å². The SMILES string of the molecule is CCOC(=O)CCCCCCCC1OC1CC1OC1CC1OC1CC. The molecule has 0 spiro atoms. The standard InChI is InChI=1S/C20H34O5/c1-3-14-16(23-14)12-18-19(25-18)13-17-15(24-17)10-8-6-5-7-9-11-20(21)22-4-2/h14-19H,3-13H2,1-2H3. The molecule has 3 saturated heterocycles. The zero-order valence-corrected chi connectivity index (χ0v) is 15.8. The van der Waals surface area contributed by atoms with E-state index in [4.69, 9.17) is 18.9 Å². The van der Waals surface area contributed by atoms with Crippen molar-refractivity contribution in [3.63, 3.8) is 0 Å². The molecule has 0 amide bonds. The number of hydrogen-bond donors (Lipinski definition) is 0. The number of hydrogen-bond acceptors (Lipinski definition) is 5. The van der Waals surface area contributed by atoms with Crippen LogP contribution in [0.15, 0.2) is 0 Å². The van der Waals surface area contributed by atoms with Gasteiger partial charge >= 0.3 is 5.97 Å². The highest BCUT2D eigenvalue weighted by molar-refractivity contribution is 5.69. The van der Waals surface area contributed by atoms with Gasteiger partial charge in [0.25, 0.3) is 0 Å². The zero-order valence-electron chi connectivity index (χ0n) is 15.8. The monoisotopic (exact) mass is 354 g/mol. The number of esters is 1. The number of unbranched alkanes of at least 4 members (excludes halogenated alkanes) is 4. The Morgan fingerprint density at radius 3 is 2.00 bits per heavy atom. The summed E-state index contributed by atoms with van der Waals surface area (Å²) in [6, 6.07) is 0. The molecular weight excluding hydrogens is 320 g/mol. The minimum Gasteiger partial charge on any atom is -0.466 e.